The van der Waals surface area contributed by atoms with Crippen molar-refractivity contribution < 1.29 is 4.42 Å². The molecule has 0 saturated carbocycles. The Bertz CT molecular complexity index is 1230. The molecule has 2 aromatic carbocycles. The number of nitrogens with zero attached hydrogens (tertiary/aromatic N) is 3. The monoisotopic (exact) mass is 444 g/mol. The molecule has 4 aromatic rings. The maximum absolute atomic E-state index is 13.5. The van der Waals surface area contributed by atoms with E-state index in [4.69, 9.17) is 9.40 Å². The first-order valence-electron chi connectivity index (χ1n) is 11.6. The van der Waals surface area contributed by atoms with Crippen LogP contribution in [0.2, 0.25) is 0 Å². The van der Waals surface area contributed by atoms with Crippen LogP contribution in [0, 0.1) is 6.92 Å². The van der Waals surface area contributed by atoms with Gasteiger partial charge in [0.2, 0.25) is 5.71 Å². The van der Waals surface area contributed by atoms with Gasteiger partial charge in [-0.2, -0.15) is 4.98 Å². The topological polar surface area (TPSA) is 63.3 Å². The highest BCUT2D eigenvalue weighted by Gasteiger charge is 2.26. The Balaban J connectivity index is 1.78. The maximum Gasteiger partial charge on any atom is 0.265 e. The molecule has 6 heteroatoms. The third-order valence-electron chi connectivity index (χ3n) is 6.08. The number of hydrogen-bond acceptors (Lipinski definition) is 5. The van der Waals surface area contributed by atoms with Gasteiger partial charge in [0.25, 0.3) is 5.56 Å². The molecule has 0 bridgehead atoms. The molecule has 1 atom stereocenters. The van der Waals surface area contributed by atoms with Crippen molar-refractivity contribution in [2.24, 2.45) is 0 Å². The van der Waals surface area contributed by atoms with Crippen LogP contribution in [0.3, 0.4) is 0 Å². The van der Waals surface area contributed by atoms with Gasteiger partial charge < -0.3 is 9.73 Å². The summed E-state index contributed by atoms with van der Waals surface area (Å²) >= 11 is 0. The molecule has 0 amide bonds. The number of aryl methyl sites for hydroxylation is 1. The first-order chi connectivity index (χ1) is 16.1. The van der Waals surface area contributed by atoms with Crippen LogP contribution in [-0.4, -0.2) is 34.6 Å². The van der Waals surface area contributed by atoms with E-state index in [9.17, 15) is 4.79 Å². The molecule has 6 nitrogen and oxygen atoms in total. The van der Waals surface area contributed by atoms with Crippen molar-refractivity contribution in [3.05, 3.63) is 99.8 Å². The second-order valence-corrected chi connectivity index (χ2v) is 8.47. The van der Waals surface area contributed by atoms with Crippen LogP contribution in [0.15, 0.2) is 76.1 Å². The quantitative estimate of drug-likeness (QED) is 0.390. The van der Waals surface area contributed by atoms with E-state index in [2.05, 4.69) is 48.3 Å². The molecule has 2 heterocycles. The number of fused-ring (bicyclic) bond motifs is 1. The molecule has 0 aliphatic rings. The first kappa shape index (κ1) is 23.0. The molecule has 0 saturated heterocycles. The van der Waals surface area contributed by atoms with Crippen LogP contribution in [0.5, 0.6) is 0 Å². The summed E-state index contributed by atoms with van der Waals surface area (Å²) in [5.74, 6) is 0.747. The molecule has 0 spiro atoms. The lowest BCUT2D eigenvalue weighted by Gasteiger charge is -2.32. The zero-order chi connectivity index (χ0) is 23.2. The largest absolute Gasteiger partial charge is 0.446 e. The van der Waals surface area contributed by atoms with Gasteiger partial charge in [0.1, 0.15) is 11.2 Å². The fourth-order valence-electron chi connectivity index (χ4n) is 4.27. The molecule has 0 fully saturated rings. The summed E-state index contributed by atoms with van der Waals surface area (Å²) in [6, 6.07) is 20.4. The third-order valence-corrected chi connectivity index (χ3v) is 6.08. The van der Waals surface area contributed by atoms with Crippen molar-refractivity contribution in [2.45, 2.75) is 39.4 Å². The summed E-state index contributed by atoms with van der Waals surface area (Å²) in [5, 5.41) is 3.78. The Labute approximate surface area is 194 Å². The van der Waals surface area contributed by atoms with Crippen molar-refractivity contribution in [1.82, 2.24) is 19.8 Å². The van der Waals surface area contributed by atoms with Crippen molar-refractivity contribution >= 4 is 11.1 Å². The van der Waals surface area contributed by atoms with Crippen LogP contribution in [0.25, 0.3) is 11.1 Å². The summed E-state index contributed by atoms with van der Waals surface area (Å²) in [4.78, 5) is 20.8. The Morgan fingerprint density at radius 2 is 1.82 bits per heavy atom. The summed E-state index contributed by atoms with van der Waals surface area (Å²) in [5.41, 5.74) is 3.90. The summed E-state index contributed by atoms with van der Waals surface area (Å²) in [6.45, 7) is 7.18. The zero-order valence-electron chi connectivity index (χ0n) is 19.6. The molecule has 1 unspecified atom stereocenters. The molecule has 2 aromatic heterocycles. The SMILES string of the molecule is CCC(c1nc2occc2c(=O)n1Cc1ccccc1)N(CCNC)Cc1ccc(C)cc1. The fourth-order valence-corrected chi connectivity index (χ4v) is 4.27. The van der Waals surface area contributed by atoms with Gasteiger partial charge in [-0.05, 0) is 37.6 Å². The Kier molecular flexibility index (Phi) is 7.37. The minimum absolute atomic E-state index is 0.0365. The first-order valence-corrected chi connectivity index (χ1v) is 11.6. The van der Waals surface area contributed by atoms with Gasteiger partial charge in [-0.1, -0.05) is 67.1 Å². The van der Waals surface area contributed by atoms with Crippen molar-refractivity contribution in [3.63, 3.8) is 0 Å². The minimum Gasteiger partial charge on any atom is -0.446 e. The Morgan fingerprint density at radius 3 is 2.52 bits per heavy atom. The minimum atomic E-state index is -0.0602. The predicted octanol–water partition coefficient (Wildman–Crippen LogP) is 4.52. The summed E-state index contributed by atoms with van der Waals surface area (Å²) < 4.78 is 7.40. The van der Waals surface area contributed by atoms with Gasteiger partial charge in [-0.3, -0.25) is 14.3 Å². The van der Waals surface area contributed by atoms with E-state index in [1.807, 2.05) is 41.9 Å². The molecule has 4 rings (SSSR count). The van der Waals surface area contributed by atoms with Gasteiger partial charge >= 0.3 is 0 Å². The molecule has 172 valence electrons. The standard InChI is InChI=1S/C27H32N4O2/c1-4-24(30(16-15-28-3)18-22-12-10-20(2)11-13-22)25-29-26-23(14-17-33-26)27(32)31(25)19-21-8-6-5-7-9-21/h5-14,17,24,28H,4,15-16,18-19H2,1-3H3. The van der Waals surface area contributed by atoms with Crippen molar-refractivity contribution in [1.29, 1.82) is 0 Å². The van der Waals surface area contributed by atoms with E-state index in [1.165, 1.54) is 11.1 Å². The number of likely N-dealkylation sites (N-methyl/N-ethyl adjacent to an activating group) is 1. The number of benzene rings is 2. The lowest BCUT2D eigenvalue weighted by molar-refractivity contribution is 0.172. The second kappa shape index (κ2) is 10.6. The molecule has 0 radical (unpaired) electrons. The Morgan fingerprint density at radius 1 is 1.06 bits per heavy atom. The number of aromatic nitrogens is 2. The van der Waals surface area contributed by atoms with Crippen molar-refractivity contribution in [3.8, 4) is 0 Å². The van der Waals surface area contributed by atoms with Gasteiger partial charge in [0.05, 0.1) is 18.8 Å². The number of nitrogens with one attached hydrogen (secondary N) is 1. The molecule has 33 heavy (non-hydrogen) atoms. The second-order valence-electron chi connectivity index (χ2n) is 8.47. The van der Waals surface area contributed by atoms with E-state index in [0.29, 0.717) is 17.6 Å². The number of rotatable bonds is 10. The summed E-state index contributed by atoms with van der Waals surface area (Å²) in [6.07, 6.45) is 2.37. The molecule has 0 aliphatic heterocycles. The lowest BCUT2D eigenvalue weighted by Crippen LogP contribution is -2.38. The highest BCUT2D eigenvalue weighted by atomic mass is 16.3. The zero-order valence-corrected chi connectivity index (χ0v) is 19.6. The summed E-state index contributed by atoms with van der Waals surface area (Å²) in [7, 11) is 1.96. The van der Waals surface area contributed by atoms with Crippen LogP contribution >= 0.6 is 0 Å². The van der Waals surface area contributed by atoms with Crippen LogP contribution in [-0.2, 0) is 13.1 Å². The van der Waals surface area contributed by atoms with Gasteiger partial charge in [-0.15, -0.1) is 0 Å². The smallest absolute Gasteiger partial charge is 0.265 e. The fraction of sp³-hybridized carbons (Fsp3) is 0.333. The molecule has 0 aliphatic carbocycles. The van der Waals surface area contributed by atoms with Gasteiger partial charge in [0.15, 0.2) is 0 Å². The lowest BCUT2D eigenvalue weighted by atomic mass is 10.1. The van der Waals surface area contributed by atoms with E-state index < -0.39 is 0 Å². The third kappa shape index (κ3) is 5.24. The molecule has 1 N–H and O–H groups in total. The van der Waals surface area contributed by atoms with Crippen molar-refractivity contribution in [2.75, 3.05) is 20.1 Å². The van der Waals surface area contributed by atoms with Crippen LogP contribution in [0.1, 0.15) is 41.9 Å². The Hall–Kier alpha value is -3.22. The average Bonchev–Trinajstić information content (AvgIpc) is 3.31. The highest BCUT2D eigenvalue weighted by Crippen LogP contribution is 2.26. The predicted molar refractivity (Wildman–Crippen MR) is 132 cm³/mol. The van der Waals surface area contributed by atoms with Crippen LogP contribution in [0.4, 0.5) is 0 Å². The number of furan rings is 1. The van der Waals surface area contributed by atoms with E-state index in [0.717, 1.165) is 37.4 Å². The van der Waals surface area contributed by atoms with E-state index >= 15 is 0 Å². The average molecular weight is 445 g/mol. The van der Waals surface area contributed by atoms with Crippen LogP contribution < -0.4 is 10.9 Å². The van der Waals surface area contributed by atoms with Gasteiger partial charge in [-0.25, -0.2) is 0 Å². The van der Waals surface area contributed by atoms with E-state index in [-0.39, 0.29) is 11.6 Å². The van der Waals surface area contributed by atoms with E-state index in [1.54, 1.807) is 12.3 Å². The highest BCUT2D eigenvalue weighted by molar-refractivity contribution is 5.71. The molecular weight excluding hydrogens is 412 g/mol. The van der Waals surface area contributed by atoms with Gasteiger partial charge in [0, 0.05) is 19.6 Å². The normalized spacial score (nSPS) is 12.5. The maximum atomic E-state index is 13.5. The number of hydrogen-bond donors (Lipinski definition) is 1. The molecular formula is C27H32N4O2.